The molecule has 0 aliphatic heterocycles. The molecule has 0 bridgehead atoms. The van der Waals surface area contributed by atoms with Gasteiger partial charge < -0.3 is 24.2 Å². The van der Waals surface area contributed by atoms with Gasteiger partial charge in [0.05, 0.1) is 27.7 Å². The fraction of sp³-hybridized carbons (Fsp3) is 0.857. The third-order valence-corrected chi connectivity index (χ3v) is 8.62. The molecular weight excluding hydrogens is 623 g/mol. The van der Waals surface area contributed by atoms with Gasteiger partial charge >= 0.3 is 19.8 Å². The molecule has 0 aromatic rings. The van der Waals surface area contributed by atoms with Crippen molar-refractivity contribution in [2.24, 2.45) is 0 Å². The number of quaternary nitrogens is 1. The van der Waals surface area contributed by atoms with Crippen molar-refractivity contribution in [3.05, 3.63) is 12.2 Å². The number of nitrogens with zero attached hydrogens (tertiary/aromatic N) is 1. The Balaban J connectivity index is 4.46. The number of nitrogens with one attached hydrogen (secondary N) is 1. The smallest absolute Gasteiger partial charge is 0.462 e. The molecule has 0 aromatic heterocycles. The Hall–Kier alpha value is -1.78. The van der Waals surface area contributed by atoms with E-state index in [1.807, 2.05) is 21.1 Å². The molecule has 0 saturated carbocycles. The number of amides is 1. The number of hydrogen-bond acceptors (Lipinski definition) is 8. The first-order valence-electron chi connectivity index (χ1n) is 18.0. The second-order valence-corrected chi connectivity index (χ2v) is 15.1. The topological polar surface area (TPSA) is 137 Å². The molecule has 0 radical (unpaired) electrons. The molecule has 2 N–H and O–H groups in total. The SMILES string of the molecule is C=C(C)C(=O)NCCCCCCCCCCC(=O)O[C@H](COC(=O)CCCCCCCCCCC)COP(=O)(O)OCC[N+](C)(C)C. The number of likely N-dealkylation sites (N-methyl/N-ethyl adjacent to an activating group) is 1. The number of ether oxygens (including phenoxy) is 2. The van der Waals surface area contributed by atoms with Gasteiger partial charge in [0.2, 0.25) is 5.91 Å². The first-order valence-corrected chi connectivity index (χ1v) is 19.5. The summed E-state index contributed by atoms with van der Waals surface area (Å²) in [5.41, 5.74) is 0.521. The van der Waals surface area contributed by atoms with Crippen LogP contribution in [0.3, 0.4) is 0 Å². The predicted molar refractivity (Wildman–Crippen MR) is 187 cm³/mol. The highest BCUT2D eigenvalue weighted by molar-refractivity contribution is 7.47. The maximum absolute atomic E-state index is 12.6. The molecule has 47 heavy (non-hydrogen) atoms. The average Bonchev–Trinajstić information content (AvgIpc) is 2.99. The predicted octanol–water partition coefficient (Wildman–Crippen LogP) is 7.41. The van der Waals surface area contributed by atoms with E-state index in [0.29, 0.717) is 29.6 Å². The largest absolute Gasteiger partial charge is 0.472 e. The van der Waals surface area contributed by atoms with Crippen molar-refractivity contribution in [2.45, 2.75) is 142 Å². The first kappa shape index (κ1) is 45.2. The lowest BCUT2D eigenvalue weighted by Gasteiger charge is -2.24. The van der Waals surface area contributed by atoms with Crippen LogP contribution >= 0.6 is 7.82 Å². The lowest BCUT2D eigenvalue weighted by molar-refractivity contribution is -0.870. The second-order valence-electron chi connectivity index (χ2n) is 13.6. The Labute approximate surface area is 285 Å². The van der Waals surface area contributed by atoms with E-state index >= 15 is 0 Å². The van der Waals surface area contributed by atoms with Gasteiger partial charge in [-0.05, 0) is 26.2 Å². The lowest BCUT2D eigenvalue weighted by atomic mass is 10.1. The van der Waals surface area contributed by atoms with E-state index in [0.717, 1.165) is 64.2 Å². The molecule has 0 aliphatic rings. The number of phosphoric ester groups is 1. The van der Waals surface area contributed by atoms with Gasteiger partial charge in [-0.2, -0.15) is 0 Å². The first-order chi connectivity index (χ1) is 22.3. The van der Waals surface area contributed by atoms with Crippen LogP contribution in [0.2, 0.25) is 0 Å². The van der Waals surface area contributed by atoms with Gasteiger partial charge in [-0.25, -0.2) is 4.57 Å². The molecule has 0 aliphatic carbocycles. The van der Waals surface area contributed by atoms with Crippen LogP contribution in [0.15, 0.2) is 12.2 Å². The van der Waals surface area contributed by atoms with E-state index in [1.165, 1.54) is 38.5 Å². The molecule has 1 amide bonds. The summed E-state index contributed by atoms with van der Waals surface area (Å²) in [6.45, 7) is 8.03. The van der Waals surface area contributed by atoms with Crippen molar-refractivity contribution in [1.82, 2.24) is 5.32 Å². The zero-order valence-electron chi connectivity index (χ0n) is 30.4. The highest BCUT2D eigenvalue weighted by Crippen LogP contribution is 2.43. The number of carbonyl (C=O) groups excluding carboxylic acids is 3. The van der Waals surface area contributed by atoms with Crippen LogP contribution in [0, 0.1) is 0 Å². The van der Waals surface area contributed by atoms with E-state index in [2.05, 4.69) is 18.8 Å². The number of hydrogen-bond donors (Lipinski definition) is 2. The summed E-state index contributed by atoms with van der Waals surface area (Å²) in [7, 11) is 1.42. The molecule has 1 unspecified atom stereocenters. The number of rotatable bonds is 32. The fourth-order valence-electron chi connectivity index (χ4n) is 4.65. The molecule has 0 spiro atoms. The Morgan fingerprint density at radius 3 is 1.74 bits per heavy atom. The normalized spacial score (nSPS) is 13.5. The highest BCUT2D eigenvalue weighted by Gasteiger charge is 2.27. The van der Waals surface area contributed by atoms with Crippen LogP contribution in [0.1, 0.15) is 136 Å². The molecule has 0 aromatic carbocycles. The zero-order chi connectivity index (χ0) is 35.4. The Kier molecular flexibility index (Phi) is 27.0. The number of unbranched alkanes of at least 4 members (excludes halogenated alkanes) is 15. The van der Waals surface area contributed by atoms with Crippen molar-refractivity contribution >= 4 is 25.7 Å². The summed E-state index contributed by atoms with van der Waals surface area (Å²) in [4.78, 5) is 46.5. The standard InChI is InChI=1S/C35H67N2O9P/c1-7-8-9-10-11-12-15-18-21-24-33(38)43-29-32(30-45-47(41,42)44-28-27-37(4,5)6)46-34(39)25-22-19-16-13-14-17-20-23-26-36-35(40)31(2)3/h32H,2,7-30H2,1,3-6H3,(H-,36,40,41,42)/p+1/t32-/m1/s1. The van der Waals surface area contributed by atoms with Crippen molar-refractivity contribution in [1.29, 1.82) is 0 Å². The van der Waals surface area contributed by atoms with Gasteiger partial charge in [-0.15, -0.1) is 0 Å². The van der Waals surface area contributed by atoms with Gasteiger partial charge in [0.1, 0.15) is 19.8 Å². The minimum Gasteiger partial charge on any atom is -0.462 e. The van der Waals surface area contributed by atoms with Gasteiger partial charge in [-0.1, -0.05) is 103 Å². The van der Waals surface area contributed by atoms with Crippen molar-refractivity contribution < 1.29 is 46.8 Å². The minimum absolute atomic E-state index is 0.0170. The molecule has 0 rings (SSSR count). The van der Waals surface area contributed by atoms with Crippen molar-refractivity contribution in [3.8, 4) is 0 Å². The number of esters is 2. The van der Waals surface area contributed by atoms with Crippen LogP contribution < -0.4 is 5.32 Å². The van der Waals surface area contributed by atoms with E-state index in [9.17, 15) is 23.8 Å². The minimum atomic E-state index is -4.38. The van der Waals surface area contributed by atoms with Gasteiger partial charge in [0.25, 0.3) is 0 Å². The molecule has 0 saturated heterocycles. The van der Waals surface area contributed by atoms with Crippen LogP contribution in [0.5, 0.6) is 0 Å². The highest BCUT2D eigenvalue weighted by atomic mass is 31.2. The van der Waals surface area contributed by atoms with Gasteiger partial charge in [-0.3, -0.25) is 23.4 Å². The maximum Gasteiger partial charge on any atom is 0.472 e. The van der Waals surface area contributed by atoms with Crippen LogP contribution in [-0.4, -0.2) is 87.4 Å². The molecule has 0 fully saturated rings. The van der Waals surface area contributed by atoms with Crippen LogP contribution in [-0.2, 0) is 37.5 Å². The average molecular weight is 692 g/mol. The number of phosphoric acid groups is 1. The molecule has 11 nitrogen and oxygen atoms in total. The summed E-state index contributed by atoms with van der Waals surface area (Å²) in [6.07, 6.45) is 17.5. The summed E-state index contributed by atoms with van der Waals surface area (Å²) in [6, 6.07) is 0. The van der Waals surface area contributed by atoms with Crippen LogP contribution in [0.25, 0.3) is 0 Å². The Morgan fingerprint density at radius 2 is 1.23 bits per heavy atom. The van der Waals surface area contributed by atoms with Gasteiger partial charge in [0.15, 0.2) is 6.10 Å². The quantitative estimate of drug-likeness (QED) is 0.0243. The molecule has 276 valence electrons. The maximum atomic E-state index is 12.6. The molecule has 2 atom stereocenters. The number of carbonyl (C=O) groups is 3. The third kappa shape index (κ3) is 31.3. The monoisotopic (exact) mass is 691 g/mol. The summed E-state index contributed by atoms with van der Waals surface area (Å²) < 4.78 is 34.0. The molecule has 0 heterocycles. The van der Waals surface area contributed by atoms with Crippen LogP contribution in [0.4, 0.5) is 0 Å². The van der Waals surface area contributed by atoms with Crippen molar-refractivity contribution in [3.63, 3.8) is 0 Å². The Morgan fingerprint density at radius 1 is 0.745 bits per heavy atom. The van der Waals surface area contributed by atoms with E-state index < -0.39 is 32.5 Å². The van der Waals surface area contributed by atoms with E-state index in [-0.39, 0.29) is 32.0 Å². The third-order valence-electron chi connectivity index (χ3n) is 7.63. The van der Waals surface area contributed by atoms with E-state index in [4.69, 9.17) is 18.5 Å². The summed E-state index contributed by atoms with van der Waals surface area (Å²) >= 11 is 0. The van der Waals surface area contributed by atoms with E-state index in [1.54, 1.807) is 6.92 Å². The van der Waals surface area contributed by atoms with Crippen molar-refractivity contribution in [2.75, 3.05) is 54.1 Å². The van der Waals surface area contributed by atoms with Gasteiger partial charge in [0, 0.05) is 25.0 Å². The molecular formula is C35H68N2O9P+. The summed E-state index contributed by atoms with van der Waals surface area (Å²) in [5, 5.41) is 2.84. The zero-order valence-corrected chi connectivity index (χ0v) is 31.3. The summed E-state index contributed by atoms with van der Waals surface area (Å²) in [5.74, 6) is -0.956. The molecule has 12 heteroatoms. The Bertz CT molecular complexity index is 908. The lowest BCUT2D eigenvalue weighted by Crippen LogP contribution is -2.37. The second kappa shape index (κ2) is 28.1. The fourth-order valence-corrected chi connectivity index (χ4v) is 5.39.